The zero-order valence-corrected chi connectivity index (χ0v) is 44.2. The fraction of sp³-hybridized carbons (Fsp3) is 0.754. The van der Waals surface area contributed by atoms with Crippen LogP contribution in [0.15, 0.2) is 72.9 Å². The Morgan fingerprint density at radius 3 is 1.00 bits per heavy atom. The maximum absolute atomic E-state index is 12.8. The zero-order valence-electron chi connectivity index (χ0n) is 44.2. The molecule has 0 aromatic rings. The van der Waals surface area contributed by atoms with E-state index in [1.807, 2.05) is 0 Å². The Bertz CT molecular complexity index is 1260. The molecule has 386 valence electrons. The van der Waals surface area contributed by atoms with Crippen molar-refractivity contribution in [3.05, 3.63) is 72.9 Å². The summed E-state index contributed by atoms with van der Waals surface area (Å²) in [6.07, 6.45) is 70.3. The fourth-order valence-electron chi connectivity index (χ4n) is 7.90. The highest BCUT2D eigenvalue weighted by Gasteiger charge is 2.19. The lowest BCUT2D eigenvalue weighted by Crippen LogP contribution is -2.30. The van der Waals surface area contributed by atoms with Crippen molar-refractivity contribution < 1.29 is 28.6 Å². The maximum Gasteiger partial charge on any atom is 0.306 e. The van der Waals surface area contributed by atoms with Crippen molar-refractivity contribution in [1.29, 1.82) is 0 Å². The van der Waals surface area contributed by atoms with Crippen molar-refractivity contribution in [1.82, 2.24) is 0 Å². The number of unbranched alkanes of at least 4 members (excludes halogenated alkanes) is 29. The van der Waals surface area contributed by atoms with Gasteiger partial charge in [-0.05, 0) is 83.5 Å². The molecule has 0 aliphatic heterocycles. The molecule has 0 aromatic heterocycles. The van der Waals surface area contributed by atoms with Crippen molar-refractivity contribution in [3.8, 4) is 0 Å². The van der Waals surface area contributed by atoms with Crippen molar-refractivity contribution in [2.45, 2.75) is 284 Å². The second kappa shape index (κ2) is 55.4. The number of ether oxygens (including phenoxy) is 3. The van der Waals surface area contributed by atoms with Crippen LogP contribution >= 0.6 is 0 Å². The lowest BCUT2D eigenvalue weighted by Gasteiger charge is -2.18. The smallest absolute Gasteiger partial charge is 0.306 e. The molecule has 0 radical (unpaired) electrons. The molecule has 6 nitrogen and oxygen atoms in total. The third kappa shape index (κ3) is 53.7. The van der Waals surface area contributed by atoms with E-state index in [1.54, 1.807) is 0 Å². The zero-order chi connectivity index (χ0) is 48.6. The molecule has 0 rings (SSSR count). The van der Waals surface area contributed by atoms with Crippen molar-refractivity contribution in [2.24, 2.45) is 0 Å². The molecule has 0 amide bonds. The van der Waals surface area contributed by atoms with E-state index in [9.17, 15) is 14.4 Å². The van der Waals surface area contributed by atoms with Gasteiger partial charge in [0.25, 0.3) is 0 Å². The van der Waals surface area contributed by atoms with E-state index < -0.39 is 6.10 Å². The standard InChI is InChI=1S/C61H106O6/c1-4-7-10-13-16-19-22-25-28-30-32-33-36-39-42-45-48-51-54-60(63)66-57-58(56-65-59(62)53-50-47-44-41-38-35-27-24-21-18-15-12-9-6-3)67-61(64)55-52-49-46-43-40-37-34-31-29-26-23-20-17-14-11-8-5-2/h17,20,26,28-30,32-34,37,43,46,58H,4-16,18-19,21-25,27,31,35-36,38-42,44-45,47-57H2,1-3H3/b20-17-,29-26-,30-28-,33-32-,37-34-,46-43-. The molecule has 0 aliphatic rings. The lowest BCUT2D eigenvalue weighted by atomic mass is 10.0. The minimum atomic E-state index is -0.809. The molecule has 67 heavy (non-hydrogen) atoms. The first-order valence-corrected chi connectivity index (χ1v) is 28.5. The molecule has 0 aromatic carbocycles. The first-order valence-electron chi connectivity index (χ1n) is 28.5. The Morgan fingerprint density at radius 2 is 0.597 bits per heavy atom. The number of hydrogen-bond donors (Lipinski definition) is 0. The molecule has 6 heteroatoms. The van der Waals surface area contributed by atoms with Gasteiger partial charge < -0.3 is 14.2 Å². The summed E-state index contributed by atoms with van der Waals surface area (Å²) >= 11 is 0. The second-order valence-electron chi connectivity index (χ2n) is 18.9. The number of allylic oxidation sites excluding steroid dienone is 12. The van der Waals surface area contributed by atoms with E-state index in [4.69, 9.17) is 14.2 Å². The van der Waals surface area contributed by atoms with Gasteiger partial charge in [-0.2, -0.15) is 0 Å². The Hall–Kier alpha value is -3.15. The van der Waals surface area contributed by atoms with Crippen LogP contribution in [-0.4, -0.2) is 37.2 Å². The molecule has 1 unspecified atom stereocenters. The normalized spacial score (nSPS) is 12.6. The molecule has 0 heterocycles. The van der Waals surface area contributed by atoms with E-state index in [1.165, 1.54) is 148 Å². The van der Waals surface area contributed by atoms with Gasteiger partial charge in [-0.15, -0.1) is 0 Å². The Balaban J connectivity index is 4.48. The van der Waals surface area contributed by atoms with E-state index >= 15 is 0 Å². The van der Waals surface area contributed by atoms with Gasteiger partial charge in [-0.3, -0.25) is 14.4 Å². The highest BCUT2D eigenvalue weighted by molar-refractivity contribution is 5.71. The minimum Gasteiger partial charge on any atom is -0.462 e. The molecule has 0 spiro atoms. The van der Waals surface area contributed by atoms with Gasteiger partial charge in [-0.1, -0.05) is 248 Å². The predicted octanol–water partition coefficient (Wildman–Crippen LogP) is 19.0. The molecular weight excluding hydrogens is 829 g/mol. The summed E-state index contributed by atoms with van der Waals surface area (Å²) in [7, 11) is 0. The molecule has 0 bridgehead atoms. The van der Waals surface area contributed by atoms with Gasteiger partial charge in [0, 0.05) is 19.3 Å². The average Bonchev–Trinajstić information content (AvgIpc) is 3.33. The molecule has 0 aliphatic carbocycles. The second-order valence-corrected chi connectivity index (χ2v) is 18.9. The SMILES string of the molecule is CCCCC/C=C\C/C=C\C/C=C\C/C=C\CCCC(=O)OC(COC(=O)CCCCCCC/C=C\C=C/CCCCCCCCC)COC(=O)CCCCCCCCCCCCCCCC. The quantitative estimate of drug-likeness (QED) is 0.0199. The highest BCUT2D eigenvalue weighted by atomic mass is 16.6. The summed E-state index contributed by atoms with van der Waals surface area (Å²) in [5, 5.41) is 0. The van der Waals surface area contributed by atoms with Crippen LogP contribution in [0.3, 0.4) is 0 Å². The Morgan fingerprint density at radius 1 is 0.313 bits per heavy atom. The van der Waals surface area contributed by atoms with Crippen LogP contribution < -0.4 is 0 Å². The number of rotatable bonds is 51. The van der Waals surface area contributed by atoms with E-state index in [0.29, 0.717) is 19.3 Å². The van der Waals surface area contributed by atoms with Crippen molar-refractivity contribution in [3.63, 3.8) is 0 Å². The van der Waals surface area contributed by atoms with E-state index in [0.717, 1.165) is 83.5 Å². The summed E-state index contributed by atoms with van der Waals surface area (Å²) in [6.45, 7) is 6.57. The van der Waals surface area contributed by atoms with Crippen LogP contribution in [0.5, 0.6) is 0 Å². The van der Waals surface area contributed by atoms with Gasteiger partial charge in [0.1, 0.15) is 13.2 Å². The largest absolute Gasteiger partial charge is 0.462 e. The summed E-state index contributed by atoms with van der Waals surface area (Å²) in [5.41, 5.74) is 0. The average molecular weight is 936 g/mol. The first-order chi connectivity index (χ1) is 33.0. The number of carbonyl (C=O) groups excluding carboxylic acids is 3. The fourth-order valence-corrected chi connectivity index (χ4v) is 7.90. The van der Waals surface area contributed by atoms with Crippen LogP contribution in [-0.2, 0) is 28.6 Å². The molecule has 1 atom stereocenters. The van der Waals surface area contributed by atoms with Crippen molar-refractivity contribution in [2.75, 3.05) is 13.2 Å². The maximum atomic E-state index is 12.8. The van der Waals surface area contributed by atoms with E-state index in [-0.39, 0.29) is 37.5 Å². The van der Waals surface area contributed by atoms with Gasteiger partial charge in [0.2, 0.25) is 0 Å². The summed E-state index contributed by atoms with van der Waals surface area (Å²) in [5.74, 6) is -0.964. The topological polar surface area (TPSA) is 78.9 Å². The van der Waals surface area contributed by atoms with Crippen LogP contribution in [0.1, 0.15) is 278 Å². The highest BCUT2D eigenvalue weighted by Crippen LogP contribution is 2.15. The van der Waals surface area contributed by atoms with Gasteiger partial charge >= 0.3 is 17.9 Å². The van der Waals surface area contributed by atoms with Crippen molar-refractivity contribution >= 4 is 17.9 Å². The predicted molar refractivity (Wildman–Crippen MR) is 288 cm³/mol. The first kappa shape index (κ1) is 63.8. The van der Waals surface area contributed by atoms with Gasteiger partial charge in [0.15, 0.2) is 6.10 Å². The van der Waals surface area contributed by atoms with Gasteiger partial charge in [0.05, 0.1) is 0 Å². The molecule has 0 saturated carbocycles. The number of hydrogen-bond acceptors (Lipinski definition) is 6. The molecular formula is C61H106O6. The summed E-state index contributed by atoms with van der Waals surface area (Å²) < 4.78 is 16.8. The molecule has 0 fully saturated rings. The summed E-state index contributed by atoms with van der Waals surface area (Å²) in [6, 6.07) is 0. The number of carbonyl (C=O) groups is 3. The van der Waals surface area contributed by atoms with Gasteiger partial charge in [-0.25, -0.2) is 0 Å². The van der Waals surface area contributed by atoms with Crippen LogP contribution in [0, 0.1) is 0 Å². The number of esters is 3. The Labute approximate surface area is 414 Å². The Kier molecular flexibility index (Phi) is 52.8. The third-order valence-electron chi connectivity index (χ3n) is 12.2. The van der Waals surface area contributed by atoms with Crippen LogP contribution in [0.2, 0.25) is 0 Å². The van der Waals surface area contributed by atoms with Crippen LogP contribution in [0.25, 0.3) is 0 Å². The van der Waals surface area contributed by atoms with E-state index in [2.05, 4.69) is 93.7 Å². The minimum absolute atomic E-state index is 0.100. The molecule has 0 saturated heterocycles. The third-order valence-corrected chi connectivity index (χ3v) is 12.2. The van der Waals surface area contributed by atoms with Crippen LogP contribution in [0.4, 0.5) is 0 Å². The lowest BCUT2D eigenvalue weighted by molar-refractivity contribution is -0.167. The molecule has 0 N–H and O–H groups in total. The summed E-state index contributed by atoms with van der Waals surface area (Å²) in [4.78, 5) is 38.1. The monoisotopic (exact) mass is 935 g/mol.